The zero-order valence-corrected chi connectivity index (χ0v) is 16.6. The molecule has 0 spiro atoms. The molecule has 9 nitrogen and oxygen atoms in total. The van der Waals surface area contributed by atoms with Gasteiger partial charge in [0.2, 0.25) is 0 Å². The summed E-state index contributed by atoms with van der Waals surface area (Å²) in [6.45, 7) is 0. The van der Waals surface area contributed by atoms with Gasteiger partial charge in [-0.05, 0) is 36.4 Å². The molecule has 0 aliphatic rings. The van der Waals surface area contributed by atoms with Crippen LogP contribution in [0.15, 0.2) is 84.9 Å². The summed E-state index contributed by atoms with van der Waals surface area (Å²) in [4.78, 5) is 46.4. The van der Waals surface area contributed by atoms with Gasteiger partial charge in [-0.25, -0.2) is 4.79 Å². The number of nitrogens with zero attached hydrogens (tertiary/aromatic N) is 1. The molecule has 0 aromatic heterocycles. The fourth-order valence-electron chi connectivity index (χ4n) is 2.58. The molecule has 3 aromatic carbocycles. The molecule has 2 amide bonds. The standard InChI is InChI=1S/C23H17N3O6/c27-21(24-25-22(28)17-10-13-19(14-11-17)26(30)31)15-12-16-6-4-5-9-20(16)32-23(29)18-7-2-1-3-8-18/h1-15H,(H,24,27)(H,25,28). The number of carbonyl (C=O) groups excluding carboxylic acids is 3. The average molecular weight is 431 g/mol. The molecule has 3 rings (SSSR count). The van der Waals surface area contributed by atoms with Crippen molar-refractivity contribution in [1.82, 2.24) is 10.9 Å². The third kappa shape index (κ3) is 5.86. The summed E-state index contributed by atoms with van der Waals surface area (Å²) in [7, 11) is 0. The minimum Gasteiger partial charge on any atom is -0.422 e. The molecule has 0 radical (unpaired) electrons. The Bertz CT molecular complexity index is 1170. The van der Waals surface area contributed by atoms with Crippen LogP contribution in [0.1, 0.15) is 26.3 Å². The molecule has 0 aliphatic heterocycles. The Balaban J connectivity index is 1.59. The molecule has 0 heterocycles. The molecule has 0 bridgehead atoms. The number of benzene rings is 3. The Hall–Kier alpha value is -4.79. The average Bonchev–Trinajstić information content (AvgIpc) is 2.82. The molecule has 160 valence electrons. The van der Waals surface area contributed by atoms with Gasteiger partial charge in [-0.2, -0.15) is 0 Å². The van der Waals surface area contributed by atoms with Crippen molar-refractivity contribution >= 4 is 29.5 Å². The van der Waals surface area contributed by atoms with Gasteiger partial charge in [0, 0.05) is 29.3 Å². The van der Waals surface area contributed by atoms with Crippen LogP contribution in [0.5, 0.6) is 5.75 Å². The number of hydrazine groups is 1. The number of rotatable bonds is 6. The van der Waals surface area contributed by atoms with Crippen LogP contribution in [0.4, 0.5) is 5.69 Å². The van der Waals surface area contributed by atoms with E-state index in [-0.39, 0.29) is 17.0 Å². The number of non-ortho nitro benzene ring substituents is 1. The highest BCUT2D eigenvalue weighted by atomic mass is 16.6. The Morgan fingerprint density at radius 3 is 2.16 bits per heavy atom. The first-order valence-electron chi connectivity index (χ1n) is 9.33. The smallest absolute Gasteiger partial charge is 0.343 e. The molecule has 0 saturated carbocycles. The van der Waals surface area contributed by atoms with E-state index in [4.69, 9.17) is 4.74 Å². The maximum atomic E-state index is 12.3. The summed E-state index contributed by atoms with van der Waals surface area (Å²) in [6, 6.07) is 20.0. The Kier molecular flexibility index (Phi) is 7.05. The first-order chi connectivity index (χ1) is 15.4. The molecule has 32 heavy (non-hydrogen) atoms. The monoisotopic (exact) mass is 431 g/mol. The molecular weight excluding hydrogens is 414 g/mol. The van der Waals surface area contributed by atoms with Crippen molar-refractivity contribution in [2.45, 2.75) is 0 Å². The minimum absolute atomic E-state index is 0.137. The van der Waals surface area contributed by atoms with E-state index in [9.17, 15) is 24.5 Å². The van der Waals surface area contributed by atoms with Gasteiger partial charge in [0.1, 0.15) is 5.75 Å². The van der Waals surface area contributed by atoms with Gasteiger partial charge in [0.15, 0.2) is 0 Å². The van der Waals surface area contributed by atoms with Crippen molar-refractivity contribution in [3.05, 3.63) is 112 Å². The van der Waals surface area contributed by atoms with Crippen molar-refractivity contribution in [2.75, 3.05) is 0 Å². The predicted molar refractivity (Wildman–Crippen MR) is 116 cm³/mol. The number of ether oxygens (including phenoxy) is 1. The highest BCUT2D eigenvalue weighted by molar-refractivity contribution is 5.98. The number of nitro benzene ring substituents is 1. The summed E-state index contributed by atoms with van der Waals surface area (Å²) >= 11 is 0. The second-order valence-corrected chi connectivity index (χ2v) is 6.37. The maximum Gasteiger partial charge on any atom is 0.343 e. The molecule has 0 unspecified atom stereocenters. The van der Waals surface area contributed by atoms with Gasteiger partial charge in [0.05, 0.1) is 10.5 Å². The van der Waals surface area contributed by atoms with E-state index in [2.05, 4.69) is 10.9 Å². The third-order valence-corrected chi connectivity index (χ3v) is 4.18. The summed E-state index contributed by atoms with van der Waals surface area (Å²) in [5, 5.41) is 10.7. The minimum atomic E-state index is -0.640. The molecular formula is C23H17N3O6. The van der Waals surface area contributed by atoms with Crippen LogP contribution in [0, 0.1) is 10.1 Å². The summed E-state index contributed by atoms with van der Waals surface area (Å²) in [6.07, 6.45) is 2.59. The van der Waals surface area contributed by atoms with E-state index >= 15 is 0 Å². The second-order valence-electron chi connectivity index (χ2n) is 6.37. The zero-order chi connectivity index (χ0) is 22.9. The number of hydrogen-bond acceptors (Lipinski definition) is 6. The number of carbonyl (C=O) groups is 3. The van der Waals surface area contributed by atoms with Gasteiger partial charge in [0.25, 0.3) is 17.5 Å². The summed E-state index contributed by atoms with van der Waals surface area (Å²) in [5.74, 6) is -1.55. The topological polar surface area (TPSA) is 128 Å². The number of nitrogens with one attached hydrogen (secondary N) is 2. The van der Waals surface area contributed by atoms with E-state index in [1.807, 2.05) is 0 Å². The molecule has 0 atom stereocenters. The molecule has 0 fully saturated rings. The summed E-state index contributed by atoms with van der Waals surface area (Å²) < 4.78 is 5.41. The first-order valence-corrected chi connectivity index (χ1v) is 9.33. The van der Waals surface area contributed by atoms with E-state index < -0.39 is 22.7 Å². The molecule has 2 N–H and O–H groups in total. The lowest BCUT2D eigenvalue weighted by molar-refractivity contribution is -0.384. The normalized spacial score (nSPS) is 10.4. The Morgan fingerprint density at radius 1 is 0.812 bits per heavy atom. The SMILES string of the molecule is O=C(C=Cc1ccccc1OC(=O)c1ccccc1)NNC(=O)c1ccc([N+](=O)[O-])cc1. The Morgan fingerprint density at radius 2 is 1.47 bits per heavy atom. The fraction of sp³-hybridized carbons (Fsp3) is 0. The number of nitro groups is 1. The largest absolute Gasteiger partial charge is 0.422 e. The number of hydrogen-bond donors (Lipinski definition) is 2. The fourth-order valence-corrected chi connectivity index (χ4v) is 2.58. The summed E-state index contributed by atoms with van der Waals surface area (Å²) in [5.41, 5.74) is 5.27. The van der Waals surface area contributed by atoms with Gasteiger partial charge < -0.3 is 4.74 Å². The van der Waals surface area contributed by atoms with Crippen LogP contribution >= 0.6 is 0 Å². The predicted octanol–water partition coefficient (Wildman–Crippen LogP) is 3.29. The van der Waals surface area contributed by atoms with Gasteiger partial charge in [-0.3, -0.25) is 30.6 Å². The van der Waals surface area contributed by atoms with Crippen molar-refractivity contribution in [2.24, 2.45) is 0 Å². The van der Waals surface area contributed by atoms with Crippen LogP contribution in [0.25, 0.3) is 6.08 Å². The van der Waals surface area contributed by atoms with Crippen molar-refractivity contribution in [3.8, 4) is 5.75 Å². The van der Waals surface area contributed by atoms with Crippen LogP contribution in [0.2, 0.25) is 0 Å². The molecule has 3 aromatic rings. The highest BCUT2D eigenvalue weighted by Gasteiger charge is 2.11. The maximum absolute atomic E-state index is 12.3. The van der Waals surface area contributed by atoms with Crippen molar-refractivity contribution in [3.63, 3.8) is 0 Å². The van der Waals surface area contributed by atoms with Crippen molar-refractivity contribution in [1.29, 1.82) is 0 Å². The van der Waals surface area contributed by atoms with Crippen LogP contribution in [-0.2, 0) is 4.79 Å². The number of amides is 2. The quantitative estimate of drug-likeness (QED) is 0.203. The third-order valence-electron chi connectivity index (χ3n) is 4.18. The van der Waals surface area contributed by atoms with Gasteiger partial charge >= 0.3 is 5.97 Å². The molecule has 9 heteroatoms. The number of para-hydroxylation sites is 1. The second kappa shape index (κ2) is 10.3. The zero-order valence-electron chi connectivity index (χ0n) is 16.6. The Labute approximate surface area is 182 Å². The van der Waals surface area contributed by atoms with E-state index in [0.29, 0.717) is 11.1 Å². The lowest BCUT2D eigenvalue weighted by Gasteiger charge is -2.08. The van der Waals surface area contributed by atoms with Crippen LogP contribution < -0.4 is 15.6 Å². The lowest BCUT2D eigenvalue weighted by Crippen LogP contribution is -2.40. The van der Waals surface area contributed by atoms with Gasteiger partial charge in [-0.15, -0.1) is 0 Å². The highest BCUT2D eigenvalue weighted by Crippen LogP contribution is 2.21. The first kappa shape index (κ1) is 21.9. The van der Waals surface area contributed by atoms with Gasteiger partial charge in [-0.1, -0.05) is 36.4 Å². The van der Waals surface area contributed by atoms with E-state index in [1.54, 1.807) is 54.6 Å². The van der Waals surface area contributed by atoms with E-state index in [1.165, 1.54) is 30.3 Å². The van der Waals surface area contributed by atoms with E-state index in [0.717, 1.165) is 6.08 Å². The molecule has 0 aliphatic carbocycles. The van der Waals surface area contributed by atoms with Crippen molar-refractivity contribution < 1.29 is 24.0 Å². The molecule has 0 saturated heterocycles. The number of esters is 1. The van der Waals surface area contributed by atoms with Crippen LogP contribution in [0.3, 0.4) is 0 Å². The van der Waals surface area contributed by atoms with Crippen LogP contribution in [-0.4, -0.2) is 22.7 Å². The lowest BCUT2D eigenvalue weighted by atomic mass is 10.2.